The van der Waals surface area contributed by atoms with Gasteiger partial charge in [-0.05, 0) is 36.6 Å². The number of ether oxygens (including phenoxy) is 1. The predicted molar refractivity (Wildman–Crippen MR) is 93.0 cm³/mol. The Hall–Kier alpha value is -2.56. The summed E-state index contributed by atoms with van der Waals surface area (Å²) in [5.74, 6) is -0.0543. The molecule has 2 aromatic carbocycles. The molecule has 0 saturated carbocycles. The van der Waals surface area contributed by atoms with Gasteiger partial charge in [-0.2, -0.15) is 0 Å². The molecule has 0 spiro atoms. The fraction of sp³-hybridized carbons (Fsp3) is 0.368. The molecule has 0 aromatic heterocycles. The van der Waals surface area contributed by atoms with E-state index < -0.39 is 0 Å². The molecule has 0 radical (unpaired) electrons. The van der Waals surface area contributed by atoms with E-state index in [1.165, 1.54) is 0 Å². The van der Waals surface area contributed by atoms with E-state index >= 15 is 0 Å². The van der Waals surface area contributed by atoms with E-state index in [9.17, 15) is 9.59 Å². The van der Waals surface area contributed by atoms with Crippen LogP contribution in [0.4, 0.5) is 4.79 Å². The summed E-state index contributed by atoms with van der Waals surface area (Å²) in [4.78, 5) is 26.0. The molecule has 5 heteroatoms. The van der Waals surface area contributed by atoms with Gasteiger partial charge < -0.3 is 15.0 Å². The Labute approximate surface area is 141 Å². The maximum Gasteiger partial charge on any atom is 0.409 e. The summed E-state index contributed by atoms with van der Waals surface area (Å²) in [6.07, 6.45) is 1.22. The molecule has 0 atom stereocenters. The van der Waals surface area contributed by atoms with Crippen LogP contribution >= 0.6 is 0 Å². The second kappa shape index (κ2) is 7.34. The molecule has 1 saturated heterocycles. The molecule has 1 heterocycles. The number of likely N-dealkylation sites (tertiary alicyclic amines) is 1. The number of benzene rings is 2. The van der Waals surface area contributed by atoms with Crippen LogP contribution in [-0.2, 0) is 4.74 Å². The van der Waals surface area contributed by atoms with E-state index in [1.807, 2.05) is 42.5 Å². The van der Waals surface area contributed by atoms with Gasteiger partial charge in [-0.3, -0.25) is 4.79 Å². The lowest BCUT2D eigenvalue weighted by Gasteiger charge is -2.31. The van der Waals surface area contributed by atoms with E-state index in [-0.39, 0.29) is 18.0 Å². The summed E-state index contributed by atoms with van der Waals surface area (Å²) in [6.45, 7) is 3.41. The van der Waals surface area contributed by atoms with Crippen LogP contribution in [0, 0.1) is 0 Å². The van der Waals surface area contributed by atoms with Crippen molar-refractivity contribution in [1.29, 1.82) is 0 Å². The van der Waals surface area contributed by atoms with Crippen molar-refractivity contribution in [3.05, 3.63) is 48.0 Å². The fourth-order valence-electron chi connectivity index (χ4n) is 3.11. The van der Waals surface area contributed by atoms with E-state index in [2.05, 4.69) is 5.32 Å². The molecule has 1 aliphatic heterocycles. The summed E-state index contributed by atoms with van der Waals surface area (Å²) < 4.78 is 5.01. The smallest absolute Gasteiger partial charge is 0.409 e. The van der Waals surface area contributed by atoms with Crippen molar-refractivity contribution < 1.29 is 14.3 Å². The minimum Gasteiger partial charge on any atom is -0.450 e. The minimum atomic E-state index is -0.267. The number of hydrogen-bond donors (Lipinski definition) is 1. The molecule has 0 unspecified atom stereocenters. The molecule has 0 bridgehead atoms. The molecule has 1 fully saturated rings. The summed E-state index contributed by atoms with van der Waals surface area (Å²) in [6, 6.07) is 13.7. The van der Waals surface area contributed by atoms with Crippen LogP contribution in [-0.4, -0.2) is 42.6 Å². The number of amides is 2. The quantitative estimate of drug-likeness (QED) is 0.942. The number of nitrogens with zero attached hydrogens (tertiary/aromatic N) is 1. The van der Waals surface area contributed by atoms with Crippen LogP contribution in [0.5, 0.6) is 0 Å². The maximum absolute atomic E-state index is 12.6. The zero-order chi connectivity index (χ0) is 16.9. The number of hydrogen-bond acceptors (Lipinski definition) is 3. The van der Waals surface area contributed by atoms with Gasteiger partial charge in [-0.15, -0.1) is 0 Å². The van der Waals surface area contributed by atoms with E-state index in [0.717, 1.165) is 23.6 Å². The van der Waals surface area contributed by atoms with E-state index in [0.29, 0.717) is 25.3 Å². The average Bonchev–Trinajstić information content (AvgIpc) is 2.62. The number of carbonyl (C=O) groups is 2. The Kier molecular flexibility index (Phi) is 4.99. The number of nitrogens with one attached hydrogen (secondary N) is 1. The lowest BCUT2D eigenvalue weighted by molar-refractivity contribution is 0.0861. The van der Waals surface area contributed by atoms with Gasteiger partial charge in [-0.25, -0.2) is 4.79 Å². The highest BCUT2D eigenvalue weighted by atomic mass is 16.6. The molecule has 24 heavy (non-hydrogen) atoms. The largest absolute Gasteiger partial charge is 0.450 e. The van der Waals surface area contributed by atoms with Gasteiger partial charge in [0.2, 0.25) is 0 Å². The Bertz CT molecular complexity index is 731. The van der Waals surface area contributed by atoms with Crippen molar-refractivity contribution in [2.24, 2.45) is 0 Å². The molecule has 1 N–H and O–H groups in total. The lowest BCUT2D eigenvalue weighted by atomic mass is 10.0. The van der Waals surface area contributed by atoms with E-state index in [1.54, 1.807) is 11.8 Å². The molecule has 0 aliphatic carbocycles. The van der Waals surface area contributed by atoms with Crippen LogP contribution in [0.1, 0.15) is 30.1 Å². The highest BCUT2D eigenvalue weighted by Crippen LogP contribution is 2.19. The van der Waals surface area contributed by atoms with Crippen molar-refractivity contribution in [3.8, 4) is 0 Å². The predicted octanol–water partition coefficient (Wildman–Crippen LogP) is 3.19. The third-order valence-corrected chi connectivity index (χ3v) is 4.39. The number of fused-ring (bicyclic) bond motifs is 1. The van der Waals surface area contributed by atoms with Crippen LogP contribution < -0.4 is 5.32 Å². The zero-order valence-electron chi connectivity index (χ0n) is 13.8. The molecular weight excluding hydrogens is 304 g/mol. The van der Waals surface area contributed by atoms with Crippen LogP contribution in [0.3, 0.4) is 0 Å². The van der Waals surface area contributed by atoms with Crippen molar-refractivity contribution in [2.75, 3.05) is 19.7 Å². The van der Waals surface area contributed by atoms with E-state index in [4.69, 9.17) is 4.74 Å². The highest BCUT2D eigenvalue weighted by molar-refractivity contribution is 6.07. The second-order valence-electron chi connectivity index (χ2n) is 5.96. The first kappa shape index (κ1) is 16.3. The monoisotopic (exact) mass is 326 g/mol. The molecule has 1 aliphatic rings. The van der Waals surface area contributed by atoms with Crippen molar-refractivity contribution in [1.82, 2.24) is 10.2 Å². The first-order valence-corrected chi connectivity index (χ1v) is 8.39. The Balaban J connectivity index is 1.63. The van der Waals surface area contributed by atoms with Crippen molar-refractivity contribution in [2.45, 2.75) is 25.8 Å². The summed E-state index contributed by atoms with van der Waals surface area (Å²) in [7, 11) is 0. The number of rotatable bonds is 3. The standard InChI is InChI=1S/C19H22N2O3/c1-2-24-19(23)21-12-10-15(11-13-21)20-18(22)17-9-5-7-14-6-3-4-8-16(14)17/h3-9,15H,2,10-13H2,1H3,(H,20,22). The molecule has 126 valence electrons. The number of carbonyl (C=O) groups excluding carboxylic acids is 2. The van der Waals surface area contributed by atoms with Crippen molar-refractivity contribution >= 4 is 22.8 Å². The minimum absolute atomic E-state index is 0.0543. The fourth-order valence-corrected chi connectivity index (χ4v) is 3.11. The van der Waals surface area contributed by atoms with Gasteiger partial charge >= 0.3 is 6.09 Å². The molecular formula is C19H22N2O3. The molecule has 2 aromatic rings. The summed E-state index contributed by atoms with van der Waals surface area (Å²) in [5, 5.41) is 5.12. The van der Waals surface area contributed by atoms with Crippen LogP contribution in [0.15, 0.2) is 42.5 Å². The van der Waals surface area contributed by atoms with Crippen molar-refractivity contribution in [3.63, 3.8) is 0 Å². The third kappa shape index (κ3) is 3.50. The first-order valence-electron chi connectivity index (χ1n) is 8.39. The molecule has 5 nitrogen and oxygen atoms in total. The van der Waals surface area contributed by atoms with Gasteiger partial charge in [0.1, 0.15) is 0 Å². The molecule has 2 amide bonds. The van der Waals surface area contributed by atoms with Gasteiger partial charge in [0.05, 0.1) is 6.61 Å². The van der Waals surface area contributed by atoms with Gasteiger partial charge in [-0.1, -0.05) is 36.4 Å². The summed E-state index contributed by atoms with van der Waals surface area (Å²) >= 11 is 0. The van der Waals surface area contributed by atoms with Gasteiger partial charge in [0.15, 0.2) is 0 Å². The lowest BCUT2D eigenvalue weighted by Crippen LogP contribution is -2.46. The Morgan fingerprint density at radius 1 is 1.12 bits per heavy atom. The summed E-state index contributed by atoms with van der Waals surface area (Å²) in [5.41, 5.74) is 0.695. The third-order valence-electron chi connectivity index (χ3n) is 4.39. The Morgan fingerprint density at radius 3 is 2.58 bits per heavy atom. The van der Waals surface area contributed by atoms with Gasteiger partial charge in [0, 0.05) is 24.7 Å². The first-order chi connectivity index (χ1) is 11.7. The topological polar surface area (TPSA) is 58.6 Å². The SMILES string of the molecule is CCOC(=O)N1CCC(NC(=O)c2cccc3ccccc23)CC1. The highest BCUT2D eigenvalue weighted by Gasteiger charge is 2.25. The second-order valence-corrected chi connectivity index (χ2v) is 5.96. The zero-order valence-corrected chi connectivity index (χ0v) is 13.8. The molecule has 3 rings (SSSR count). The maximum atomic E-state index is 12.6. The normalized spacial score (nSPS) is 15.3. The van der Waals surface area contributed by atoms with Gasteiger partial charge in [0.25, 0.3) is 5.91 Å². The Morgan fingerprint density at radius 2 is 1.83 bits per heavy atom. The number of piperidine rings is 1. The van der Waals surface area contributed by atoms with Crippen LogP contribution in [0.2, 0.25) is 0 Å². The van der Waals surface area contributed by atoms with Crippen LogP contribution in [0.25, 0.3) is 10.8 Å². The average molecular weight is 326 g/mol.